The van der Waals surface area contributed by atoms with E-state index >= 15 is 0 Å². The fourth-order valence-corrected chi connectivity index (χ4v) is 2.42. The van der Waals surface area contributed by atoms with E-state index in [2.05, 4.69) is 20.3 Å². The van der Waals surface area contributed by atoms with E-state index in [1.54, 1.807) is 0 Å². The average Bonchev–Trinajstić information content (AvgIpc) is 2.63. The fourth-order valence-electron chi connectivity index (χ4n) is 2.42. The smallest absolute Gasteiger partial charge is 0.272 e. The third-order valence-electron chi connectivity index (χ3n) is 3.75. The molecule has 24 heavy (non-hydrogen) atoms. The highest BCUT2D eigenvalue weighted by Gasteiger charge is 2.13. The molecule has 1 saturated heterocycles. The molecule has 0 bridgehead atoms. The lowest BCUT2D eigenvalue weighted by molar-refractivity contribution is 0.0943. The van der Waals surface area contributed by atoms with Crippen molar-refractivity contribution in [3.05, 3.63) is 52.1 Å². The molecule has 2 aromatic heterocycles. The number of rotatable bonds is 4. The number of amides is 1. The van der Waals surface area contributed by atoms with Crippen LogP contribution in [0.3, 0.4) is 0 Å². The summed E-state index contributed by atoms with van der Waals surface area (Å²) in [5.41, 5.74) is 0.699. The standard InChI is InChI=1S/C16H19N5O3/c1-20-15(22)6-5-13(19-20)16(23)17-11-12-3-2-4-14(18-12)21-7-9-24-10-8-21/h2-6H,7-11H2,1H3,(H,17,23). The molecule has 8 nitrogen and oxygen atoms in total. The zero-order chi connectivity index (χ0) is 16.9. The molecule has 8 heteroatoms. The number of hydrogen-bond donors (Lipinski definition) is 1. The maximum absolute atomic E-state index is 12.1. The van der Waals surface area contributed by atoms with Crippen LogP contribution in [0.4, 0.5) is 5.82 Å². The van der Waals surface area contributed by atoms with Crippen molar-refractivity contribution in [3.63, 3.8) is 0 Å². The second-order valence-corrected chi connectivity index (χ2v) is 5.45. The Morgan fingerprint density at radius 1 is 1.25 bits per heavy atom. The molecule has 1 fully saturated rings. The minimum absolute atomic E-state index is 0.196. The number of anilines is 1. The van der Waals surface area contributed by atoms with Gasteiger partial charge < -0.3 is 15.0 Å². The van der Waals surface area contributed by atoms with Gasteiger partial charge in [-0.05, 0) is 18.2 Å². The Morgan fingerprint density at radius 3 is 2.79 bits per heavy atom. The highest BCUT2D eigenvalue weighted by Crippen LogP contribution is 2.13. The van der Waals surface area contributed by atoms with Gasteiger partial charge in [0.1, 0.15) is 11.5 Å². The second kappa shape index (κ2) is 7.22. The SMILES string of the molecule is Cn1nc(C(=O)NCc2cccc(N3CCOCC3)n2)ccc1=O. The van der Waals surface area contributed by atoms with Crippen molar-refractivity contribution in [2.45, 2.75) is 6.54 Å². The summed E-state index contributed by atoms with van der Waals surface area (Å²) in [7, 11) is 1.51. The molecule has 0 spiro atoms. The first kappa shape index (κ1) is 16.1. The summed E-state index contributed by atoms with van der Waals surface area (Å²) in [6, 6.07) is 8.46. The largest absolute Gasteiger partial charge is 0.378 e. The molecule has 0 aromatic carbocycles. The Hall–Kier alpha value is -2.74. The summed E-state index contributed by atoms with van der Waals surface area (Å²) >= 11 is 0. The molecule has 126 valence electrons. The molecule has 1 amide bonds. The lowest BCUT2D eigenvalue weighted by Crippen LogP contribution is -2.37. The van der Waals surface area contributed by atoms with Gasteiger partial charge in [-0.1, -0.05) is 6.07 Å². The van der Waals surface area contributed by atoms with Crippen LogP contribution in [0.25, 0.3) is 0 Å². The molecule has 1 N–H and O–H groups in total. The van der Waals surface area contributed by atoms with Gasteiger partial charge in [0.15, 0.2) is 0 Å². The fraction of sp³-hybridized carbons (Fsp3) is 0.375. The van der Waals surface area contributed by atoms with Crippen LogP contribution in [0.15, 0.2) is 35.1 Å². The van der Waals surface area contributed by atoms with E-state index in [9.17, 15) is 9.59 Å². The van der Waals surface area contributed by atoms with Gasteiger partial charge in [-0.25, -0.2) is 9.67 Å². The van der Waals surface area contributed by atoms with E-state index in [-0.39, 0.29) is 17.2 Å². The van der Waals surface area contributed by atoms with E-state index in [0.29, 0.717) is 19.8 Å². The van der Waals surface area contributed by atoms with Gasteiger partial charge in [0.25, 0.3) is 11.5 Å². The van der Waals surface area contributed by atoms with Gasteiger partial charge in [-0.2, -0.15) is 5.10 Å². The Kier molecular flexibility index (Phi) is 4.85. The minimum Gasteiger partial charge on any atom is -0.378 e. The zero-order valence-corrected chi connectivity index (χ0v) is 13.4. The van der Waals surface area contributed by atoms with Crippen LogP contribution in [0, 0.1) is 0 Å². The topological polar surface area (TPSA) is 89.3 Å². The van der Waals surface area contributed by atoms with Gasteiger partial charge in [0.05, 0.1) is 25.5 Å². The van der Waals surface area contributed by atoms with Crippen LogP contribution in [0.2, 0.25) is 0 Å². The molecule has 1 aliphatic rings. The third kappa shape index (κ3) is 3.77. The number of aryl methyl sites for hydroxylation is 1. The predicted octanol–water partition coefficient (Wildman–Crippen LogP) is -0.0581. The van der Waals surface area contributed by atoms with Crippen LogP contribution in [-0.4, -0.2) is 47.0 Å². The van der Waals surface area contributed by atoms with Gasteiger partial charge in [0, 0.05) is 26.2 Å². The first-order valence-electron chi connectivity index (χ1n) is 7.75. The second-order valence-electron chi connectivity index (χ2n) is 5.45. The quantitative estimate of drug-likeness (QED) is 0.845. The number of morpholine rings is 1. The molecule has 0 atom stereocenters. The number of nitrogens with zero attached hydrogens (tertiary/aromatic N) is 4. The molecule has 3 heterocycles. The van der Waals surface area contributed by atoms with Gasteiger partial charge in [-0.3, -0.25) is 9.59 Å². The lowest BCUT2D eigenvalue weighted by atomic mass is 10.3. The van der Waals surface area contributed by atoms with E-state index in [1.165, 1.54) is 19.2 Å². The van der Waals surface area contributed by atoms with Crippen molar-refractivity contribution in [1.82, 2.24) is 20.1 Å². The summed E-state index contributed by atoms with van der Waals surface area (Å²) in [5.74, 6) is 0.537. The van der Waals surface area contributed by atoms with E-state index < -0.39 is 0 Å². The number of carbonyl (C=O) groups excluding carboxylic acids is 1. The lowest BCUT2D eigenvalue weighted by Gasteiger charge is -2.28. The van der Waals surface area contributed by atoms with Crippen LogP contribution in [-0.2, 0) is 18.3 Å². The van der Waals surface area contributed by atoms with E-state index in [0.717, 1.165) is 29.3 Å². The molecule has 0 unspecified atom stereocenters. The number of aromatic nitrogens is 3. The Bertz CT molecular complexity index is 783. The highest BCUT2D eigenvalue weighted by molar-refractivity contribution is 5.91. The average molecular weight is 329 g/mol. The predicted molar refractivity (Wildman–Crippen MR) is 87.9 cm³/mol. The van der Waals surface area contributed by atoms with Crippen molar-refractivity contribution in [2.75, 3.05) is 31.2 Å². The normalized spacial score (nSPS) is 14.5. The molecular weight excluding hydrogens is 310 g/mol. The van der Waals surface area contributed by atoms with Crippen molar-refractivity contribution >= 4 is 11.7 Å². The van der Waals surface area contributed by atoms with Gasteiger partial charge in [0.2, 0.25) is 0 Å². The number of hydrogen-bond acceptors (Lipinski definition) is 6. The summed E-state index contributed by atoms with van der Waals surface area (Å²) in [6.07, 6.45) is 0. The summed E-state index contributed by atoms with van der Waals surface area (Å²) in [6.45, 7) is 3.30. The minimum atomic E-state index is -0.343. The summed E-state index contributed by atoms with van der Waals surface area (Å²) in [5, 5.41) is 6.70. The number of pyridine rings is 1. The van der Waals surface area contributed by atoms with Gasteiger partial charge >= 0.3 is 0 Å². The molecule has 0 radical (unpaired) electrons. The van der Waals surface area contributed by atoms with Crippen LogP contribution in [0.1, 0.15) is 16.2 Å². The first-order valence-corrected chi connectivity index (χ1v) is 7.75. The van der Waals surface area contributed by atoms with E-state index in [4.69, 9.17) is 4.74 Å². The van der Waals surface area contributed by atoms with Gasteiger partial charge in [-0.15, -0.1) is 0 Å². The maximum atomic E-state index is 12.1. The Balaban J connectivity index is 1.64. The molecule has 0 aliphatic carbocycles. The Morgan fingerprint density at radius 2 is 2.04 bits per heavy atom. The Labute approximate surface area is 139 Å². The maximum Gasteiger partial charge on any atom is 0.272 e. The van der Waals surface area contributed by atoms with Crippen molar-refractivity contribution < 1.29 is 9.53 Å². The number of ether oxygens (including phenoxy) is 1. The summed E-state index contributed by atoms with van der Waals surface area (Å²) < 4.78 is 6.47. The first-order chi connectivity index (χ1) is 11.6. The number of carbonyl (C=O) groups is 1. The van der Waals surface area contributed by atoms with Crippen LogP contribution in [0.5, 0.6) is 0 Å². The molecule has 2 aromatic rings. The summed E-state index contributed by atoms with van der Waals surface area (Å²) in [4.78, 5) is 30.2. The van der Waals surface area contributed by atoms with Crippen LogP contribution < -0.4 is 15.8 Å². The van der Waals surface area contributed by atoms with E-state index in [1.807, 2.05) is 18.2 Å². The van der Waals surface area contributed by atoms with Crippen LogP contribution >= 0.6 is 0 Å². The van der Waals surface area contributed by atoms with Crippen molar-refractivity contribution in [1.29, 1.82) is 0 Å². The third-order valence-corrected chi connectivity index (χ3v) is 3.75. The number of nitrogens with one attached hydrogen (secondary N) is 1. The highest BCUT2D eigenvalue weighted by atomic mass is 16.5. The van der Waals surface area contributed by atoms with Crippen molar-refractivity contribution in [2.24, 2.45) is 7.05 Å². The molecule has 0 saturated carbocycles. The molecule has 1 aliphatic heterocycles. The monoisotopic (exact) mass is 329 g/mol. The molecule has 3 rings (SSSR count). The van der Waals surface area contributed by atoms with Crippen molar-refractivity contribution in [3.8, 4) is 0 Å². The molecular formula is C16H19N5O3. The zero-order valence-electron chi connectivity index (χ0n) is 13.4.